The molecule has 1 N–H and O–H groups in total. The van der Waals surface area contributed by atoms with Gasteiger partial charge in [0.1, 0.15) is 0 Å². The van der Waals surface area contributed by atoms with E-state index in [4.69, 9.17) is 11.6 Å². The van der Waals surface area contributed by atoms with Crippen molar-refractivity contribution in [1.29, 1.82) is 0 Å². The minimum atomic E-state index is 0.385. The van der Waals surface area contributed by atoms with E-state index in [1.807, 2.05) is 18.2 Å². The summed E-state index contributed by atoms with van der Waals surface area (Å²) in [5.41, 5.74) is 1.27. The van der Waals surface area contributed by atoms with Crippen LogP contribution in [0.3, 0.4) is 0 Å². The number of benzene rings is 1. The van der Waals surface area contributed by atoms with E-state index < -0.39 is 0 Å². The molecule has 0 radical (unpaired) electrons. The molecule has 2 atom stereocenters. The van der Waals surface area contributed by atoms with Gasteiger partial charge >= 0.3 is 0 Å². The predicted molar refractivity (Wildman–Crippen MR) is 75.6 cm³/mol. The van der Waals surface area contributed by atoms with Gasteiger partial charge in [0.2, 0.25) is 0 Å². The maximum atomic E-state index is 6.02. The van der Waals surface area contributed by atoms with Gasteiger partial charge in [-0.05, 0) is 45.1 Å². The summed E-state index contributed by atoms with van der Waals surface area (Å²) in [5, 5.41) is 4.40. The van der Waals surface area contributed by atoms with Crippen LogP contribution in [-0.4, -0.2) is 31.6 Å². The van der Waals surface area contributed by atoms with E-state index >= 15 is 0 Å². The normalized spacial score (nSPS) is 14.9. The molecule has 0 aliphatic rings. The Morgan fingerprint density at radius 2 is 2.06 bits per heavy atom. The Labute approximate surface area is 110 Å². The van der Waals surface area contributed by atoms with Crippen LogP contribution in [0.2, 0.25) is 5.02 Å². The van der Waals surface area contributed by atoms with Gasteiger partial charge in [0.05, 0.1) is 0 Å². The number of rotatable bonds is 6. The summed E-state index contributed by atoms with van der Waals surface area (Å²) in [6, 6.07) is 9.02. The van der Waals surface area contributed by atoms with Gasteiger partial charge in [0.25, 0.3) is 0 Å². The summed E-state index contributed by atoms with van der Waals surface area (Å²) in [5.74, 6) is 0. The van der Waals surface area contributed by atoms with Crippen LogP contribution in [0.25, 0.3) is 0 Å². The SMILES string of the molecule is CCC(NCC(C)N(C)C)c1cccc(Cl)c1. The lowest BCUT2D eigenvalue weighted by atomic mass is 10.0. The van der Waals surface area contributed by atoms with E-state index in [1.54, 1.807) is 0 Å². The van der Waals surface area contributed by atoms with E-state index in [9.17, 15) is 0 Å². The predicted octanol–water partition coefficient (Wildman–Crippen LogP) is 3.33. The number of hydrogen-bond donors (Lipinski definition) is 1. The minimum Gasteiger partial charge on any atom is -0.308 e. The van der Waals surface area contributed by atoms with Crippen molar-refractivity contribution in [3.05, 3.63) is 34.9 Å². The molecule has 0 saturated carbocycles. The molecule has 0 saturated heterocycles. The maximum absolute atomic E-state index is 6.02. The summed E-state index contributed by atoms with van der Waals surface area (Å²) >= 11 is 6.02. The molecule has 2 unspecified atom stereocenters. The van der Waals surface area contributed by atoms with Gasteiger partial charge in [0.15, 0.2) is 0 Å². The molecular weight excluding hydrogens is 232 g/mol. The van der Waals surface area contributed by atoms with E-state index in [0.717, 1.165) is 18.0 Å². The van der Waals surface area contributed by atoms with Crippen molar-refractivity contribution in [2.75, 3.05) is 20.6 Å². The van der Waals surface area contributed by atoms with Crippen molar-refractivity contribution in [3.8, 4) is 0 Å². The highest BCUT2D eigenvalue weighted by atomic mass is 35.5. The highest BCUT2D eigenvalue weighted by Crippen LogP contribution is 2.20. The van der Waals surface area contributed by atoms with Crippen molar-refractivity contribution < 1.29 is 0 Å². The van der Waals surface area contributed by atoms with Crippen molar-refractivity contribution in [2.24, 2.45) is 0 Å². The van der Waals surface area contributed by atoms with Gasteiger partial charge in [0, 0.05) is 23.7 Å². The molecule has 1 rings (SSSR count). The zero-order valence-electron chi connectivity index (χ0n) is 11.2. The largest absolute Gasteiger partial charge is 0.308 e. The zero-order chi connectivity index (χ0) is 12.8. The first-order valence-corrected chi connectivity index (χ1v) is 6.57. The smallest absolute Gasteiger partial charge is 0.0409 e. The molecule has 0 amide bonds. The second-order valence-corrected chi connectivity index (χ2v) is 5.17. The van der Waals surface area contributed by atoms with Gasteiger partial charge in [-0.3, -0.25) is 0 Å². The molecule has 1 aromatic rings. The van der Waals surface area contributed by atoms with E-state index in [2.05, 4.69) is 44.2 Å². The average molecular weight is 255 g/mol. The number of hydrogen-bond acceptors (Lipinski definition) is 2. The number of nitrogens with zero attached hydrogens (tertiary/aromatic N) is 1. The third-order valence-corrected chi connectivity index (χ3v) is 3.44. The molecule has 1 aromatic carbocycles. The van der Waals surface area contributed by atoms with Crippen LogP contribution in [-0.2, 0) is 0 Å². The zero-order valence-corrected chi connectivity index (χ0v) is 12.0. The van der Waals surface area contributed by atoms with Crippen LogP contribution in [0, 0.1) is 0 Å². The summed E-state index contributed by atoms with van der Waals surface area (Å²) in [7, 11) is 4.21. The number of likely N-dealkylation sites (N-methyl/N-ethyl adjacent to an activating group) is 1. The third kappa shape index (κ3) is 4.66. The number of nitrogens with one attached hydrogen (secondary N) is 1. The van der Waals surface area contributed by atoms with E-state index in [1.165, 1.54) is 5.56 Å². The van der Waals surface area contributed by atoms with Crippen LogP contribution in [0.4, 0.5) is 0 Å². The molecule has 3 heteroatoms. The maximum Gasteiger partial charge on any atom is 0.0409 e. The Morgan fingerprint density at radius 3 is 2.59 bits per heavy atom. The lowest BCUT2D eigenvalue weighted by Gasteiger charge is -2.24. The highest BCUT2D eigenvalue weighted by molar-refractivity contribution is 6.30. The molecule has 0 aliphatic heterocycles. The van der Waals surface area contributed by atoms with Crippen molar-refractivity contribution in [3.63, 3.8) is 0 Å². The monoisotopic (exact) mass is 254 g/mol. The average Bonchev–Trinajstić information content (AvgIpc) is 2.29. The second kappa shape index (κ2) is 7.00. The van der Waals surface area contributed by atoms with Crippen molar-refractivity contribution in [1.82, 2.24) is 10.2 Å². The Kier molecular flexibility index (Phi) is 5.96. The lowest BCUT2D eigenvalue weighted by Crippen LogP contribution is -2.37. The lowest BCUT2D eigenvalue weighted by molar-refractivity contribution is 0.292. The van der Waals surface area contributed by atoms with Crippen LogP contribution >= 0.6 is 11.6 Å². The summed E-state index contributed by atoms with van der Waals surface area (Å²) in [4.78, 5) is 2.22. The van der Waals surface area contributed by atoms with Crippen LogP contribution in [0.15, 0.2) is 24.3 Å². The van der Waals surface area contributed by atoms with Gasteiger partial charge < -0.3 is 10.2 Å². The van der Waals surface area contributed by atoms with Crippen LogP contribution in [0.1, 0.15) is 31.9 Å². The summed E-state index contributed by atoms with van der Waals surface area (Å²) in [6.45, 7) is 5.40. The third-order valence-electron chi connectivity index (χ3n) is 3.20. The molecule has 0 heterocycles. The summed E-state index contributed by atoms with van der Waals surface area (Å²) < 4.78 is 0. The molecule has 0 fully saturated rings. The van der Waals surface area contributed by atoms with Gasteiger partial charge in [-0.25, -0.2) is 0 Å². The van der Waals surface area contributed by atoms with E-state index in [-0.39, 0.29) is 0 Å². The Morgan fingerprint density at radius 1 is 1.35 bits per heavy atom. The van der Waals surface area contributed by atoms with Crippen molar-refractivity contribution >= 4 is 11.6 Å². The fourth-order valence-corrected chi connectivity index (χ4v) is 1.92. The van der Waals surface area contributed by atoms with E-state index in [0.29, 0.717) is 12.1 Å². The summed E-state index contributed by atoms with van der Waals surface area (Å²) in [6.07, 6.45) is 1.07. The van der Waals surface area contributed by atoms with Crippen LogP contribution < -0.4 is 5.32 Å². The Balaban J connectivity index is 2.60. The molecular formula is C14H23ClN2. The second-order valence-electron chi connectivity index (χ2n) is 4.74. The Bertz CT molecular complexity index is 339. The standard InChI is InChI=1S/C14H23ClN2/c1-5-14(16-10-11(2)17(3)4)12-7-6-8-13(15)9-12/h6-9,11,14,16H,5,10H2,1-4H3. The Hall–Kier alpha value is -0.570. The molecule has 0 aliphatic carbocycles. The molecule has 0 spiro atoms. The molecule has 2 nitrogen and oxygen atoms in total. The van der Waals surface area contributed by atoms with Gasteiger partial charge in [-0.1, -0.05) is 30.7 Å². The fraction of sp³-hybridized carbons (Fsp3) is 0.571. The molecule has 0 bridgehead atoms. The highest BCUT2D eigenvalue weighted by Gasteiger charge is 2.11. The number of halogens is 1. The van der Waals surface area contributed by atoms with Crippen molar-refractivity contribution in [2.45, 2.75) is 32.4 Å². The fourth-order valence-electron chi connectivity index (χ4n) is 1.72. The first-order valence-electron chi connectivity index (χ1n) is 6.19. The first kappa shape index (κ1) is 14.5. The molecule has 96 valence electrons. The molecule has 17 heavy (non-hydrogen) atoms. The molecule has 0 aromatic heterocycles. The van der Waals surface area contributed by atoms with Crippen LogP contribution in [0.5, 0.6) is 0 Å². The van der Waals surface area contributed by atoms with Gasteiger partial charge in [-0.15, -0.1) is 0 Å². The first-order chi connectivity index (χ1) is 8.04. The minimum absolute atomic E-state index is 0.385. The topological polar surface area (TPSA) is 15.3 Å². The quantitative estimate of drug-likeness (QED) is 0.838. The van der Waals surface area contributed by atoms with Gasteiger partial charge in [-0.2, -0.15) is 0 Å².